The third-order valence-corrected chi connectivity index (χ3v) is 4.18. The van der Waals surface area contributed by atoms with Crippen molar-refractivity contribution in [2.45, 2.75) is 52.2 Å². The van der Waals surface area contributed by atoms with Crippen LogP contribution in [0.4, 0.5) is 0 Å². The number of carbonyl (C=O) groups excluding carboxylic acids is 1. The lowest BCUT2D eigenvalue weighted by Crippen LogP contribution is -2.51. The van der Waals surface area contributed by atoms with Crippen molar-refractivity contribution in [2.75, 3.05) is 19.7 Å². The van der Waals surface area contributed by atoms with E-state index in [2.05, 4.69) is 0 Å². The maximum Gasteiger partial charge on any atom is 0.310 e. The predicted molar refractivity (Wildman–Crippen MR) is 73.3 cm³/mol. The topological polar surface area (TPSA) is 87.1 Å². The van der Waals surface area contributed by atoms with Crippen molar-refractivity contribution in [1.29, 1.82) is 0 Å². The van der Waals surface area contributed by atoms with Crippen LogP contribution in [0.1, 0.15) is 40.0 Å². The smallest absolute Gasteiger partial charge is 0.310 e. The van der Waals surface area contributed by atoms with E-state index in [1.54, 1.807) is 18.7 Å². The van der Waals surface area contributed by atoms with Crippen LogP contribution >= 0.6 is 0 Å². The van der Waals surface area contributed by atoms with E-state index >= 15 is 0 Å². The molecule has 2 atom stereocenters. The highest BCUT2D eigenvalue weighted by molar-refractivity contribution is 5.85. The standard InChI is InChI=1S/C14H25NO5/c1-4-14(5-2,13(18)19)6-12(17)15-7-10(3)20-11(8-15)9-16/h10-11,16H,4-9H2,1-3H3,(H,18,19). The van der Waals surface area contributed by atoms with Crippen LogP contribution in [-0.2, 0) is 14.3 Å². The molecule has 0 aromatic carbocycles. The fourth-order valence-corrected chi connectivity index (χ4v) is 2.63. The number of rotatable bonds is 6. The maximum absolute atomic E-state index is 12.4. The van der Waals surface area contributed by atoms with Crippen LogP contribution in [0.5, 0.6) is 0 Å². The van der Waals surface area contributed by atoms with Gasteiger partial charge < -0.3 is 19.8 Å². The number of aliphatic hydroxyl groups is 1. The first kappa shape index (κ1) is 16.9. The molecule has 6 heteroatoms. The molecule has 1 fully saturated rings. The largest absolute Gasteiger partial charge is 0.481 e. The lowest BCUT2D eigenvalue weighted by Gasteiger charge is -2.38. The molecule has 116 valence electrons. The van der Waals surface area contributed by atoms with Crippen molar-refractivity contribution in [1.82, 2.24) is 4.90 Å². The lowest BCUT2D eigenvalue weighted by molar-refractivity contribution is -0.159. The van der Waals surface area contributed by atoms with E-state index in [0.29, 0.717) is 25.9 Å². The quantitative estimate of drug-likeness (QED) is 0.757. The molecule has 1 aliphatic rings. The highest BCUT2D eigenvalue weighted by Crippen LogP contribution is 2.32. The van der Waals surface area contributed by atoms with Gasteiger partial charge in [0.2, 0.25) is 5.91 Å². The Morgan fingerprint density at radius 3 is 2.35 bits per heavy atom. The zero-order valence-corrected chi connectivity index (χ0v) is 12.5. The van der Waals surface area contributed by atoms with Crippen LogP contribution in [0.2, 0.25) is 0 Å². The first-order valence-corrected chi connectivity index (χ1v) is 7.16. The Morgan fingerprint density at radius 1 is 1.30 bits per heavy atom. The molecule has 20 heavy (non-hydrogen) atoms. The van der Waals surface area contributed by atoms with Crippen molar-refractivity contribution in [3.63, 3.8) is 0 Å². The number of carboxylic acids is 1. The van der Waals surface area contributed by atoms with Crippen molar-refractivity contribution >= 4 is 11.9 Å². The first-order chi connectivity index (χ1) is 9.38. The van der Waals surface area contributed by atoms with Gasteiger partial charge in [-0.3, -0.25) is 9.59 Å². The number of carbonyl (C=O) groups is 2. The Morgan fingerprint density at radius 2 is 1.90 bits per heavy atom. The van der Waals surface area contributed by atoms with Crippen LogP contribution in [0, 0.1) is 5.41 Å². The van der Waals surface area contributed by atoms with Crippen LogP contribution in [0.15, 0.2) is 0 Å². The van der Waals surface area contributed by atoms with Crippen LogP contribution in [0.3, 0.4) is 0 Å². The van der Waals surface area contributed by atoms with E-state index < -0.39 is 11.4 Å². The fourth-order valence-electron chi connectivity index (χ4n) is 2.63. The molecule has 6 nitrogen and oxygen atoms in total. The molecule has 1 saturated heterocycles. The van der Waals surface area contributed by atoms with E-state index in [1.807, 2.05) is 6.92 Å². The van der Waals surface area contributed by atoms with Crippen LogP contribution < -0.4 is 0 Å². The molecule has 0 aliphatic carbocycles. The minimum absolute atomic E-state index is 0.000200. The van der Waals surface area contributed by atoms with E-state index in [4.69, 9.17) is 9.84 Å². The Bertz CT molecular complexity index is 353. The number of amides is 1. The SMILES string of the molecule is CCC(CC)(CC(=O)N1CC(C)OC(CO)C1)C(=O)O. The number of nitrogens with zero attached hydrogens (tertiary/aromatic N) is 1. The second kappa shape index (κ2) is 7.04. The molecule has 1 amide bonds. The number of morpholine rings is 1. The summed E-state index contributed by atoms with van der Waals surface area (Å²) in [5, 5.41) is 18.6. The average Bonchev–Trinajstić information content (AvgIpc) is 2.43. The summed E-state index contributed by atoms with van der Waals surface area (Å²) in [5.74, 6) is -1.10. The van der Waals surface area contributed by atoms with Gasteiger partial charge in [-0.1, -0.05) is 13.8 Å². The molecule has 0 spiro atoms. The summed E-state index contributed by atoms with van der Waals surface area (Å²) in [4.78, 5) is 25.4. The zero-order chi connectivity index (χ0) is 15.3. The molecule has 0 radical (unpaired) electrons. The fraction of sp³-hybridized carbons (Fsp3) is 0.857. The minimum atomic E-state index is -0.993. The van der Waals surface area contributed by atoms with Gasteiger partial charge in [0.15, 0.2) is 0 Å². The molecule has 1 rings (SSSR count). The molecule has 0 aromatic rings. The number of hydrogen-bond donors (Lipinski definition) is 2. The van der Waals surface area contributed by atoms with Crippen LogP contribution in [0.25, 0.3) is 0 Å². The molecule has 2 N–H and O–H groups in total. The summed E-state index contributed by atoms with van der Waals surface area (Å²) < 4.78 is 5.49. The number of hydrogen-bond acceptors (Lipinski definition) is 4. The number of aliphatic carboxylic acids is 1. The lowest BCUT2D eigenvalue weighted by atomic mass is 9.79. The van der Waals surface area contributed by atoms with Crippen molar-refractivity contribution < 1.29 is 24.5 Å². The number of aliphatic hydroxyl groups excluding tert-OH is 1. The summed E-state index contributed by atoms with van der Waals surface area (Å²) in [5.41, 5.74) is -0.993. The van der Waals surface area contributed by atoms with Gasteiger partial charge in [-0.05, 0) is 19.8 Å². The second-order valence-electron chi connectivity index (χ2n) is 5.52. The molecule has 2 unspecified atom stereocenters. The molecule has 1 heterocycles. The highest BCUT2D eigenvalue weighted by Gasteiger charge is 2.39. The van der Waals surface area contributed by atoms with Gasteiger partial charge >= 0.3 is 5.97 Å². The second-order valence-corrected chi connectivity index (χ2v) is 5.52. The number of ether oxygens (including phenoxy) is 1. The Labute approximate surface area is 119 Å². The van der Waals surface area contributed by atoms with E-state index in [1.165, 1.54) is 0 Å². The Balaban J connectivity index is 2.76. The normalized spacial score (nSPS) is 23.7. The molecule has 0 bridgehead atoms. The van der Waals surface area contributed by atoms with E-state index in [0.717, 1.165) is 0 Å². The van der Waals surface area contributed by atoms with Crippen LogP contribution in [-0.4, -0.2) is 58.9 Å². The maximum atomic E-state index is 12.4. The third kappa shape index (κ3) is 3.70. The predicted octanol–water partition coefficient (Wildman–Crippen LogP) is 0.876. The molecule has 0 aromatic heterocycles. The van der Waals surface area contributed by atoms with E-state index in [9.17, 15) is 14.7 Å². The van der Waals surface area contributed by atoms with Gasteiger partial charge in [0.25, 0.3) is 0 Å². The number of carboxylic acid groups (broad SMARTS) is 1. The monoisotopic (exact) mass is 287 g/mol. The summed E-state index contributed by atoms with van der Waals surface area (Å²) >= 11 is 0. The average molecular weight is 287 g/mol. The highest BCUT2D eigenvalue weighted by atomic mass is 16.5. The first-order valence-electron chi connectivity index (χ1n) is 7.16. The van der Waals surface area contributed by atoms with Crippen molar-refractivity contribution in [3.05, 3.63) is 0 Å². The van der Waals surface area contributed by atoms with E-state index in [-0.39, 0.29) is 31.1 Å². The van der Waals surface area contributed by atoms with Gasteiger partial charge in [0.1, 0.15) is 0 Å². The van der Waals surface area contributed by atoms with Gasteiger partial charge in [-0.25, -0.2) is 0 Å². The van der Waals surface area contributed by atoms with Gasteiger partial charge in [0.05, 0.1) is 24.2 Å². The molecule has 1 aliphatic heterocycles. The van der Waals surface area contributed by atoms with Gasteiger partial charge in [0, 0.05) is 19.5 Å². The summed E-state index contributed by atoms with van der Waals surface area (Å²) in [6, 6.07) is 0. The zero-order valence-electron chi connectivity index (χ0n) is 12.5. The molecular weight excluding hydrogens is 262 g/mol. The third-order valence-electron chi connectivity index (χ3n) is 4.18. The van der Waals surface area contributed by atoms with Crippen molar-refractivity contribution in [2.24, 2.45) is 5.41 Å². The Hall–Kier alpha value is -1.14. The van der Waals surface area contributed by atoms with Crippen molar-refractivity contribution in [3.8, 4) is 0 Å². The molecular formula is C14H25NO5. The summed E-state index contributed by atoms with van der Waals surface area (Å²) in [7, 11) is 0. The molecule has 0 saturated carbocycles. The van der Waals surface area contributed by atoms with Gasteiger partial charge in [-0.2, -0.15) is 0 Å². The summed E-state index contributed by atoms with van der Waals surface area (Å²) in [6.07, 6.45) is 0.319. The van der Waals surface area contributed by atoms with Gasteiger partial charge in [-0.15, -0.1) is 0 Å². The minimum Gasteiger partial charge on any atom is -0.481 e. The Kier molecular flexibility index (Phi) is 5.95. The summed E-state index contributed by atoms with van der Waals surface area (Å²) in [6.45, 7) is 6.06.